The van der Waals surface area contributed by atoms with Crippen LogP contribution in [0.4, 0.5) is 0 Å². The maximum Gasteiger partial charge on any atom is 0.337 e. The van der Waals surface area contributed by atoms with Gasteiger partial charge in [0.2, 0.25) is 0 Å². The Labute approximate surface area is 121 Å². The second-order valence-corrected chi connectivity index (χ2v) is 5.67. The molecule has 1 aromatic rings. The van der Waals surface area contributed by atoms with Gasteiger partial charge in [-0.05, 0) is 12.5 Å². The zero-order chi connectivity index (χ0) is 13.9. The molecule has 0 amide bonds. The van der Waals surface area contributed by atoms with E-state index in [4.69, 9.17) is 5.11 Å². The molecule has 4 nitrogen and oxygen atoms in total. The Morgan fingerprint density at radius 3 is 2.44 bits per heavy atom. The van der Waals surface area contributed by atoms with Crippen LogP contribution in [0.15, 0.2) is 18.2 Å². The number of hydrogen-bond acceptors (Lipinski definition) is 3. The van der Waals surface area contributed by atoms with Crippen LogP contribution in [0.25, 0.3) is 0 Å². The molecule has 0 saturated heterocycles. The van der Waals surface area contributed by atoms with Crippen molar-refractivity contribution >= 4 is 43.6 Å². The van der Waals surface area contributed by atoms with E-state index in [1.807, 2.05) is 0 Å². The van der Waals surface area contributed by atoms with Crippen LogP contribution < -0.4 is 0 Å². The van der Waals surface area contributed by atoms with Gasteiger partial charge in [-0.25, -0.2) is 4.79 Å². The van der Waals surface area contributed by atoms with Crippen molar-refractivity contribution in [2.24, 2.45) is 0 Å². The van der Waals surface area contributed by atoms with E-state index >= 15 is 0 Å². The van der Waals surface area contributed by atoms with Crippen molar-refractivity contribution in [2.45, 2.75) is 23.2 Å². The number of rotatable bonds is 5. The molecule has 0 aliphatic carbocycles. The lowest BCUT2D eigenvalue weighted by atomic mass is 9.93. The number of carbonyl (C=O) groups excluding carboxylic acids is 1. The summed E-state index contributed by atoms with van der Waals surface area (Å²) in [5.41, 5.74) is 1.04. The molecule has 98 valence electrons. The first kappa shape index (κ1) is 15.3. The highest BCUT2D eigenvalue weighted by Gasteiger charge is 2.26. The summed E-state index contributed by atoms with van der Waals surface area (Å²) < 4.78 is 0. The Kier molecular flexibility index (Phi) is 5.49. The molecule has 0 radical (unpaired) electrons. The number of Topliss-reactive ketones (excluding diaryl/α,β-unsaturated/α-hetero) is 1. The van der Waals surface area contributed by atoms with E-state index in [1.54, 1.807) is 19.1 Å². The molecule has 0 saturated carbocycles. The molecule has 0 bridgehead atoms. The number of ketones is 1. The van der Waals surface area contributed by atoms with Crippen molar-refractivity contribution in [3.63, 3.8) is 0 Å². The SMILES string of the molecule is CC(Br)C(=O)c1c(CBr)cccc1C(O)C(=O)O. The first-order chi connectivity index (χ1) is 8.40. The van der Waals surface area contributed by atoms with Gasteiger partial charge in [0.25, 0.3) is 0 Å². The number of hydrogen-bond donors (Lipinski definition) is 2. The Morgan fingerprint density at radius 2 is 2.00 bits per heavy atom. The first-order valence-corrected chi connectivity index (χ1v) is 7.20. The Hall–Kier alpha value is -0.720. The van der Waals surface area contributed by atoms with E-state index in [1.165, 1.54) is 6.07 Å². The second-order valence-electron chi connectivity index (χ2n) is 3.74. The molecule has 0 spiro atoms. The lowest BCUT2D eigenvalue weighted by molar-refractivity contribution is -0.146. The molecular formula is C12H12Br2O4. The fraction of sp³-hybridized carbons (Fsp3) is 0.333. The van der Waals surface area contributed by atoms with Gasteiger partial charge < -0.3 is 10.2 Å². The number of aliphatic carboxylic acids is 1. The Balaban J connectivity index is 3.42. The molecule has 6 heteroatoms. The lowest BCUT2D eigenvalue weighted by Gasteiger charge is -2.15. The van der Waals surface area contributed by atoms with Crippen molar-refractivity contribution in [1.29, 1.82) is 0 Å². The largest absolute Gasteiger partial charge is 0.479 e. The van der Waals surface area contributed by atoms with Crippen LogP contribution >= 0.6 is 31.9 Å². The van der Waals surface area contributed by atoms with Crippen molar-refractivity contribution in [3.8, 4) is 0 Å². The molecule has 2 atom stereocenters. The molecule has 2 N–H and O–H groups in total. The number of aliphatic hydroxyl groups excluding tert-OH is 1. The minimum Gasteiger partial charge on any atom is -0.479 e. The molecule has 1 rings (SSSR count). The van der Waals surface area contributed by atoms with E-state index in [0.717, 1.165) is 0 Å². The molecular weight excluding hydrogens is 368 g/mol. The number of alkyl halides is 2. The minimum atomic E-state index is -1.70. The Bertz CT molecular complexity index is 471. The number of benzene rings is 1. The van der Waals surface area contributed by atoms with Gasteiger partial charge in [0.1, 0.15) is 0 Å². The van der Waals surface area contributed by atoms with Crippen molar-refractivity contribution in [2.75, 3.05) is 0 Å². The number of halogens is 2. The summed E-state index contributed by atoms with van der Waals surface area (Å²) in [5.74, 6) is -1.63. The summed E-state index contributed by atoms with van der Waals surface area (Å²) in [4.78, 5) is 22.5. The maximum absolute atomic E-state index is 12.1. The van der Waals surface area contributed by atoms with Crippen molar-refractivity contribution in [1.82, 2.24) is 0 Å². The molecule has 0 aliphatic rings. The average molecular weight is 380 g/mol. The highest BCUT2D eigenvalue weighted by atomic mass is 79.9. The monoisotopic (exact) mass is 378 g/mol. The summed E-state index contributed by atoms with van der Waals surface area (Å²) >= 11 is 6.42. The van der Waals surface area contributed by atoms with Crippen LogP contribution in [-0.4, -0.2) is 26.8 Å². The van der Waals surface area contributed by atoms with Gasteiger partial charge in [0.15, 0.2) is 11.9 Å². The summed E-state index contributed by atoms with van der Waals surface area (Å²) in [5, 5.41) is 18.9. The molecule has 0 fully saturated rings. The van der Waals surface area contributed by atoms with Gasteiger partial charge in [0, 0.05) is 16.5 Å². The Morgan fingerprint density at radius 1 is 1.39 bits per heavy atom. The third kappa shape index (κ3) is 3.18. The summed E-state index contributed by atoms with van der Waals surface area (Å²) in [6.45, 7) is 1.66. The zero-order valence-electron chi connectivity index (χ0n) is 9.56. The van der Waals surface area contributed by atoms with E-state index in [2.05, 4.69) is 31.9 Å². The predicted octanol–water partition coefficient (Wildman–Crippen LogP) is 2.67. The van der Waals surface area contributed by atoms with Crippen LogP contribution in [0.2, 0.25) is 0 Å². The van der Waals surface area contributed by atoms with Crippen LogP contribution in [0.3, 0.4) is 0 Å². The van der Waals surface area contributed by atoms with E-state index < -0.39 is 16.9 Å². The molecule has 18 heavy (non-hydrogen) atoms. The van der Waals surface area contributed by atoms with Crippen molar-refractivity contribution in [3.05, 3.63) is 34.9 Å². The van der Waals surface area contributed by atoms with Gasteiger partial charge in [-0.1, -0.05) is 50.1 Å². The number of carboxylic acids is 1. The van der Waals surface area contributed by atoms with Gasteiger partial charge in [-0.15, -0.1) is 0 Å². The smallest absolute Gasteiger partial charge is 0.337 e. The summed E-state index contributed by atoms with van der Waals surface area (Å²) in [7, 11) is 0. The molecule has 1 aromatic carbocycles. The molecule has 0 heterocycles. The second kappa shape index (κ2) is 6.45. The standard InChI is InChI=1S/C12H12Br2O4/c1-6(14)10(15)9-7(5-13)3-2-4-8(9)11(16)12(17)18/h2-4,6,11,16H,5H2,1H3,(H,17,18). The molecule has 2 unspecified atom stereocenters. The number of carbonyl (C=O) groups is 2. The molecule has 0 aliphatic heterocycles. The first-order valence-electron chi connectivity index (χ1n) is 5.17. The van der Waals surface area contributed by atoms with Crippen LogP contribution in [0, 0.1) is 0 Å². The predicted molar refractivity (Wildman–Crippen MR) is 74.4 cm³/mol. The summed E-state index contributed by atoms with van der Waals surface area (Å²) in [6, 6.07) is 4.79. The van der Waals surface area contributed by atoms with Gasteiger partial charge in [-0.3, -0.25) is 4.79 Å². The van der Waals surface area contributed by atoms with Gasteiger partial charge in [0.05, 0.1) is 4.83 Å². The van der Waals surface area contributed by atoms with Crippen molar-refractivity contribution < 1.29 is 19.8 Å². The fourth-order valence-electron chi connectivity index (χ4n) is 1.59. The maximum atomic E-state index is 12.1. The number of aliphatic hydroxyl groups is 1. The summed E-state index contributed by atoms with van der Waals surface area (Å²) in [6.07, 6.45) is -1.70. The highest BCUT2D eigenvalue weighted by molar-refractivity contribution is 9.10. The van der Waals surface area contributed by atoms with Crippen LogP contribution in [-0.2, 0) is 10.1 Å². The minimum absolute atomic E-state index is 0.121. The lowest BCUT2D eigenvalue weighted by Crippen LogP contribution is -2.20. The highest BCUT2D eigenvalue weighted by Crippen LogP contribution is 2.26. The fourth-order valence-corrected chi connectivity index (χ4v) is 2.29. The average Bonchev–Trinajstić information content (AvgIpc) is 2.35. The van der Waals surface area contributed by atoms with E-state index in [0.29, 0.717) is 10.9 Å². The van der Waals surface area contributed by atoms with Gasteiger partial charge in [-0.2, -0.15) is 0 Å². The van der Waals surface area contributed by atoms with E-state index in [9.17, 15) is 14.7 Å². The third-order valence-electron chi connectivity index (χ3n) is 2.46. The molecule has 0 aromatic heterocycles. The quantitative estimate of drug-likeness (QED) is 0.609. The topological polar surface area (TPSA) is 74.6 Å². The van der Waals surface area contributed by atoms with Gasteiger partial charge >= 0.3 is 5.97 Å². The van der Waals surface area contributed by atoms with Crippen LogP contribution in [0.5, 0.6) is 0 Å². The zero-order valence-corrected chi connectivity index (χ0v) is 12.7. The van der Waals surface area contributed by atoms with E-state index in [-0.39, 0.29) is 16.9 Å². The normalized spacial score (nSPS) is 14.0. The van der Waals surface area contributed by atoms with Crippen LogP contribution in [0.1, 0.15) is 34.5 Å². The third-order valence-corrected chi connectivity index (χ3v) is 3.48. The number of carboxylic acid groups (broad SMARTS) is 1.